The molecule has 0 spiro atoms. The second-order valence-electron chi connectivity index (χ2n) is 7.16. The van der Waals surface area contributed by atoms with E-state index >= 15 is 0 Å². The number of benzene rings is 3. The summed E-state index contributed by atoms with van der Waals surface area (Å²) in [5, 5.41) is 2.81. The number of sulfonamides is 1. The van der Waals surface area contributed by atoms with E-state index in [9.17, 15) is 13.2 Å². The van der Waals surface area contributed by atoms with Crippen LogP contribution in [-0.4, -0.2) is 38.3 Å². The Morgan fingerprint density at radius 3 is 2.16 bits per heavy atom. The molecule has 1 amide bonds. The average Bonchev–Trinajstić information content (AvgIpc) is 2.83. The molecule has 0 fully saturated rings. The van der Waals surface area contributed by atoms with Crippen molar-refractivity contribution in [1.29, 1.82) is 0 Å². The van der Waals surface area contributed by atoms with Gasteiger partial charge in [0.2, 0.25) is 10.0 Å². The molecule has 0 heterocycles. The van der Waals surface area contributed by atoms with Crippen LogP contribution in [0.3, 0.4) is 0 Å². The van der Waals surface area contributed by atoms with E-state index in [0.717, 1.165) is 16.7 Å². The Morgan fingerprint density at radius 2 is 1.50 bits per heavy atom. The zero-order valence-corrected chi connectivity index (χ0v) is 19.1. The standard InChI is InChI=1S/C25H28N2O4S/c1-3-27(4-2)32(29,30)22-16-14-20(15-17-22)18-26-25(28)19-31-24-13-9-8-12-23(24)21-10-6-5-7-11-21/h5-17H,3-4,18-19H2,1-2H3,(H,26,28). The molecule has 0 radical (unpaired) electrons. The summed E-state index contributed by atoms with van der Waals surface area (Å²) in [5.74, 6) is 0.382. The van der Waals surface area contributed by atoms with Gasteiger partial charge in [0, 0.05) is 25.2 Å². The molecule has 168 valence electrons. The summed E-state index contributed by atoms with van der Waals surface area (Å²) in [5.41, 5.74) is 2.75. The van der Waals surface area contributed by atoms with E-state index in [1.165, 1.54) is 4.31 Å². The zero-order chi connectivity index (χ0) is 23.0. The summed E-state index contributed by atoms with van der Waals surface area (Å²) in [6.07, 6.45) is 0. The Hall–Kier alpha value is -3.16. The zero-order valence-electron chi connectivity index (χ0n) is 18.3. The van der Waals surface area contributed by atoms with Crippen molar-refractivity contribution in [2.75, 3.05) is 19.7 Å². The first kappa shape index (κ1) is 23.5. The van der Waals surface area contributed by atoms with Crippen LogP contribution in [0, 0.1) is 0 Å². The monoisotopic (exact) mass is 452 g/mol. The van der Waals surface area contributed by atoms with Gasteiger partial charge in [0.25, 0.3) is 5.91 Å². The van der Waals surface area contributed by atoms with E-state index in [-0.39, 0.29) is 24.0 Å². The highest BCUT2D eigenvalue weighted by Gasteiger charge is 2.21. The predicted molar refractivity (Wildman–Crippen MR) is 126 cm³/mol. The number of rotatable bonds is 10. The van der Waals surface area contributed by atoms with E-state index in [4.69, 9.17) is 4.74 Å². The highest BCUT2D eigenvalue weighted by atomic mass is 32.2. The van der Waals surface area contributed by atoms with Crippen LogP contribution in [0.2, 0.25) is 0 Å². The third kappa shape index (κ3) is 5.75. The van der Waals surface area contributed by atoms with Crippen molar-refractivity contribution in [3.05, 3.63) is 84.4 Å². The van der Waals surface area contributed by atoms with E-state index < -0.39 is 10.0 Å². The lowest BCUT2D eigenvalue weighted by molar-refractivity contribution is -0.123. The Kier molecular flexibility index (Phi) is 8.03. The fourth-order valence-corrected chi connectivity index (χ4v) is 4.79. The topological polar surface area (TPSA) is 75.7 Å². The first-order chi connectivity index (χ1) is 15.5. The van der Waals surface area contributed by atoms with E-state index in [1.807, 2.05) is 68.4 Å². The lowest BCUT2D eigenvalue weighted by Gasteiger charge is -2.18. The second-order valence-corrected chi connectivity index (χ2v) is 9.10. The number of amides is 1. The van der Waals surface area contributed by atoms with Gasteiger partial charge in [0.1, 0.15) is 5.75 Å². The molecule has 0 aliphatic heterocycles. The van der Waals surface area contributed by atoms with E-state index in [2.05, 4.69) is 5.32 Å². The van der Waals surface area contributed by atoms with Crippen LogP contribution in [0.5, 0.6) is 5.75 Å². The van der Waals surface area contributed by atoms with Gasteiger partial charge in [-0.15, -0.1) is 0 Å². The number of hydrogen-bond donors (Lipinski definition) is 1. The number of carbonyl (C=O) groups is 1. The molecule has 0 atom stereocenters. The molecule has 0 unspecified atom stereocenters. The number of carbonyl (C=O) groups excluding carboxylic acids is 1. The van der Waals surface area contributed by atoms with Gasteiger partial charge in [-0.3, -0.25) is 4.79 Å². The van der Waals surface area contributed by atoms with Crippen LogP contribution in [-0.2, 0) is 21.4 Å². The molecular formula is C25H28N2O4S. The summed E-state index contributed by atoms with van der Waals surface area (Å²) in [7, 11) is -3.49. The molecule has 0 saturated carbocycles. The Morgan fingerprint density at radius 1 is 0.875 bits per heavy atom. The van der Waals surface area contributed by atoms with Crippen molar-refractivity contribution in [2.45, 2.75) is 25.3 Å². The molecule has 1 N–H and O–H groups in total. The van der Waals surface area contributed by atoms with Crippen molar-refractivity contribution in [2.24, 2.45) is 0 Å². The average molecular weight is 453 g/mol. The summed E-state index contributed by atoms with van der Waals surface area (Å²) < 4.78 is 32.3. The van der Waals surface area contributed by atoms with Crippen molar-refractivity contribution in [1.82, 2.24) is 9.62 Å². The van der Waals surface area contributed by atoms with Gasteiger partial charge >= 0.3 is 0 Å². The Bertz CT molecular complexity index is 1130. The Balaban J connectivity index is 1.56. The van der Waals surface area contributed by atoms with E-state index in [0.29, 0.717) is 18.8 Å². The quantitative estimate of drug-likeness (QED) is 0.503. The second kappa shape index (κ2) is 10.9. The summed E-state index contributed by atoms with van der Waals surface area (Å²) in [4.78, 5) is 12.5. The van der Waals surface area contributed by atoms with Gasteiger partial charge in [-0.1, -0.05) is 74.5 Å². The minimum atomic E-state index is -3.49. The molecule has 3 aromatic carbocycles. The molecule has 0 saturated heterocycles. The van der Waals surface area contributed by atoms with Gasteiger partial charge < -0.3 is 10.1 Å². The van der Waals surface area contributed by atoms with E-state index in [1.54, 1.807) is 24.3 Å². The molecule has 3 aromatic rings. The SMILES string of the molecule is CCN(CC)S(=O)(=O)c1ccc(CNC(=O)COc2ccccc2-c2ccccc2)cc1. The van der Waals surface area contributed by atoms with Gasteiger partial charge in [-0.25, -0.2) is 8.42 Å². The van der Waals surface area contributed by atoms with Crippen molar-refractivity contribution in [3.63, 3.8) is 0 Å². The molecule has 7 heteroatoms. The fourth-order valence-electron chi connectivity index (χ4n) is 3.34. The lowest BCUT2D eigenvalue weighted by atomic mass is 10.1. The number of nitrogens with one attached hydrogen (secondary N) is 1. The van der Waals surface area contributed by atoms with Gasteiger partial charge in [0.05, 0.1) is 4.90 Å². The molecule has 6 nitrogen and oxygen atoms in total. The lowest BCUT2D eigenvalue weighted by Crippen LogP contribution is -2.30. The maximum absolute atomic E-state index is 12.6. The molecule has 0 bridgehead atoms. The molecule has 3 rings (SSSR count). The normalized spacial score (nSPS) is 11.3. The largest absolute Gasteiger partial charge is 0.483 e. The van der Waals surface area contributed by atoms with Crippen LogP contribution in [0.1, 0.15) is 19.4 Å². The minimum Gasteiger partial charge on any atom is -0.483 e. The number of hydrogen-bond acceptors (Lipinski definition) is 4. The Labute approximate surface area is 189 Å². The van der Waals surface area contributed by atoms with Crippen LogP contribution in [0.25, 0.3) is 11.1 Å². The maximum atomic E-state index is 12.6. The highest BCUT2D eigenvalue weighted by Crippen LogP contribution is 2.29. The predicted octanol–water partition coefficient (Wildman–Crippen LogP) is 4.08. The minimum absolute atomic E-state index is 0.113. The fraction of sp³-hybridized carbons (Fsp3) is 0.240. The molecule has 0 aliphatic carbocycles. The van der Waals surface area contributed by atoms with Crippen molar-refractivity contribution >= 4 is 15.9 Å². The summed E-state index contributed by atoms with van der Waals surface area (Å²) in [6.45, 7) is 4.64. The van der Waals surface area contributed by atoms with Crippen LogP contribution in [0.15, 0.2) is 83.8 Å². The van der Waals surface area contributed by atoms with Gasteiger partial charge in [-0.2, -0.15) is 4.31 Å². The molecule has 0 aromatic heterocycles. The molecule has 0 aliphatic rings. The number of para-hydroxylation sites is 1. The summed E-state index contributed by atoms with van der Waals surface area (Å²) >= 11 is 0. The van der Waals surface area contributed by atoms with Crippen LogP contribution in [0.4, 0.5) is 0 Å². The highest BCUT2D eigenvalue weighted by molar-refractivity contribution is 7.89. The van der Waals surface area contributed by atoms with Crippen molar-refractivity contribution < 1.29 is 17.9 Å². The summed E-state index contributed by atoms with van der Waals surface area (Å²) in [6, 6.07) is 24.0. The molecular weight excluding hydrogens is 424 g/mol. The van der Waals surface area contributed by atoms with Crippen LogP contribution >= 0.6 is 0 Å². The third-order valence-corrected chi connectivity index (χ3v) is 7.15. The van der Waals surface area contributed by atoms with Crippen molar-refractivity contribution in [3.8, 4) is 16.9 Å². The third-order valence-electron chi connectivity index (χ3n) is 5.09. The first-order valence-electron chi connectivity index (χ1n) is 10.6. The molecule has 32 heavy (non-hydrogen) atoms. The van der Waals surface area contributed by atoms with Crippen LogP contribution < -0.4 is 10.1 Å². The number of ether oxygens (including phenoxy) is 1. The maximum Gasteiger partial charge on any atom is 0.258 e. The number of nitrogens with zero attached hydrogens (tertiary/aromatic N) is 1. The first-order valence-corrected chi connectivity index (χ1v) is 12.0. The van der Waals surface area contributed by atoms with Gasteiger partial charge in [-0.05, 0) is 29.3 Å². The van der Waals surface area contributed by atoms with Gasteiger partial charge in [0.15, 0.2) is 6.61 Å². The smallest absolute Gasteiger partial charge is 0.258 e.